The molecule has 2 fully saturated rings. The number of sulfone groups is 1. The van der Waals surface area contributed by atoms with Gasteiger partial charge >= 0.3 is 0 Å². The van der Waals surface area contributed by atoms with Gasteiger partial charge in [0.1, 0.15) is 5.78 Å². The Kier molecular flexibility index (Phi) is 7.76. The molecule has 0 radical (unpaired) electrons. The second kappa shape index (κ2) is 9.84. The molecule has 0 aromatic heterocycles. The van der Waals surface area contributed by atoms with Crippen LogP contribution >= 0.6 is 0 Å². The zero-order valence-corrected chi connectivity index (χ0v) is 21.5. The number of carbonyl (C=O) groups excluding carboxylic acids is 1. The van der Waals surface area contributed by atoms with Gasteiger partial charge in [0, 0.05) is 31.1 Å². The SMILES string of the molecule is Cc1cc(N2C[C@@H](C)O[C@@H](C)C2)ccc1CC(=O)C1CCC(CS(=O)(=O)C(C)(C)C)CC1. The molecule has 1 saturated heterocycles. The van der Waals surface area contributed by atoms with E-state index in [4.69, 9.17) is 4.74 Å². The van der Waals surface area contributed by atoms with Crippen LogP contribution in [0.15, 0.2) is 18.2 Å². The molecule has 5 nitrogen and oxygen atoms in total. The number of anilines is 1. The third-order valence-electron chi connectivity index (χ3n) is 7.17. The number of hydrogen-bond donors (Lipinski definition) is 0. The molecular formula is C26H41NO4S. The van der Waals surface area contributed by atoms with E-state index in [1.807, 2.05) is 0 Å². The Labute approximate surface area is 194 Å². The maximum atomic E-state index is 13.0. The van der Waals surface area contributed by atoms with E-state index in [9.17, 15) is 13.2 Å². The Morgan fingerprint density at radius 3 is 2.19 bits per heavy atom. The minimum Gasteiger partial charge on any atom is -0.372 e. The highest BCUT2D eigenvalue weighted by atomic mass is 32.2. The summed E-state index contributed by atoms with van der Waals surface area (Å²) in [6.07, 6.45) is 4.18. The lowest BCUT2D eigenvalue weighted by Gasteiger charge is -2.37. The lowest BCUT2D eigenvalue weighted by molar-refractivity contribution is -0.123. The third-order valence-corrected chi connectivity index (χ3v) is 9.94. The van der Waals surface area contributed by atoms with Gasteiger partial charge < -0.3 is 9.64 Å². The van der Waals surface area contributed by atoms with Crippen molar-refractivity contribution in [1.82, 2.24) is 0 Å². The predicted molar refractivity (Wildman–Crippen MR) is 131 cm³/mol. The molecule has 0 amide bonds. The summed E-state index contributed by atoms with van der Waals surface area (Å²) in [5, 5.41) is 0. The molecule has 2 aliphatic rings. The molecule has 2 atom stereocenters. The molecule has 32 heavy (non-hydrogen) atoms. The summed E-state index contributed by atoms with van der Waals surface area (Å²) in [6, 6.07) is 6.44. The van der Waals surface area contributed by atoms with Crippen LogP contribution in [-0.4, -0.2) is 50.0 Å². The first-order chi connectivity index (χ1) is 14.9. The standard InChI is InChI=1S/C26H41NO4S/c1-18-13-24(27-15-19(2)31-20(3)16-27)12-11-23(18)14-25(28)22-9-7-21(8-10-22)17-32(29,30)26(4,5)6/h11-13,19-22H,7-10,14-17H2,1-6H3/t19-,20+,21?,22?. The van der Waals surface area contributed by atoms with E-state index < -0.39 is 14.6 Å². The van der Waals surface area contributed by atoms with Gasteiger partial charge in [0.15, 0.2) is 9.84 Å². The molecule has 1 heterocycles. The number of hydrogen-bond acceptors (Lipinski definition) is 5. The van der Waals surface area contributed by atoms with Crippen LogP contribution < -0.4 is 4.90 Å². The summed E-state index contributed by atoms with van der Waals surface area (Å²) in [5.74, 6) is 0.786. The molecule has 0 unspecified atom stereocenters. The minimum absolute atomic E-state index is 0.0589. The molecule has 6 heteroatoms. The highest BCUT2D eigenvalue weighted by Crippen LogP contribution is 2.33. The first-order valence-electron chi connectivity index (χ1n) is 12.1. The average molecular weight is 464 g/mol. The van der Waals surface area contributed by atoms with Gasteiger partial charge in [-0.05, 0) is 96.4 Å². The van der Waals surface area contributed by atoms with Crippen molar-refractivity contribution in [3.05, 3.63) is 29.3 Å². The zero-order chi connectivity index (χ0) is 23.7. The second-order valence-corrected chi connectivity index (χ2v) is 13.8. The number of ketones is 1. The molecule has 1 saturated carbocycles. The van der Waals surface area contributed by atoms with Gasteiger partial charge in [-0.15, -0.1) is 0 Å². The lowest BCUT2D eigenvalue weighted by Crippen LogP contribution is -2.45. The zero-order valence-electron chi connectivity index (χ0n) is 20.7. The van der Waals surface area contributed by atoms with Crippen LogP contribution in [0.25, 0.3) is 0 Å². The fourth-order valence-corrected chi connectivity index (χ4v) is 6.46. The highest BCUT2D eigenvalue weighted by molar-refractivity contribution is 7.92. The first kappa shape index (κ1) is 25.2. The predicted octanol–water partition coefficient (Wildman–Crippen LogP) is 4.74. The Balaban J connectivity index is 1.55. The number of carbonyl (C=O) groups is 1. The van der Waals surface area contributed by atoms with Crippen LogP contribution in [0.5, 0.6) is 0 Å². The van der Waals surface area contributed by atoms with Crippen molar-refractivity contribution < 1.29 is 17.9 Å². The smallest absolute Gasteiger partial charge is 0.155 e. The maximum absolute atomic E-state index is 13.0. The Bertz CT molecular complexity index is 900. The normalized spacial score (nSPS) is 27.4. The molecule has 3 rings (SSSR count). The van der Waals surface area contributed by atoms with Crippen molar-refractivity contribution >= 4 is 21.3 Å². The fourth-order valence-electron chi connectivity index (χ4n) is 5.01. The molecule has 1 aromatic carbocycles. The molecule has 1 aliphatic carbocycles. The Hall–Kier alpha value is -1.40. The molecular weight excluding hydrogens is 422 g/mol. The second-order valence-electron chi connectivity index (χ2n) is 11.0. The van der Waals surface area contributed by atoms with E-state index in [2.05, 4.69) is 43.9 Å². The van der Waals surface area contributed by atoms with E-state index in [1.54, 1.807) is 20.8 Å². The fraction of sp³-hybridized carbons (Fsp3) is 0.731. The van der Waals surface area contributed by atoms with Crippen molar-refractivity contribution in [1.29, 1.82) is 0 Å². The molecule has 180 valence electrons. The van der Waals surface area contributed by atoms with Crippen molar-refractivity contribution in [2.24, 2.45) is 11.8 Å². The molecule has 0 spiro atoms. The number of rotatable bonds is 6. The largest absolute Gasteiger partial charge is 0.372 e. The number of benzene rings is 1. The number of nitrogens with zero attached hydrogens (tertiary/aromatic N) is 1. The van der Waals surface area contributed by atoms with Crippen molar-refractivity contribution in [2.45, 2.75) is 90.6 Å². The van der Waals surface area contributed by atoms with Crippen LogP contribution in [0.2, 0.25) is 0 Å². The van der Waals surface area contributed by atoms with Crippen LogP contribution in [0.1, 0.15) is 71.4 Å². The Morgan fingerprint density at radius 1 is 1.06 bits per heavy atom. The van der Waals surface area contributed by atoms with Crippen LogP contribution in [-0.2, 0) is 25.8 Å². The van der Waals surface area contributed by atoms with Gasteiger partial charge in [0.25, 0.3) is 0 Å². The quantitative estimate of drug-likeness (QED) is 0.610. The number of morpholine rings is 1. The topological polar surface area (TPSA) is 63.7 Å². The monoisotopic (exact) mass is 463 g/mol. The van der Waals surface area contributed by atoms with E-state index in [0.29, 0.717) is 12.2 Å². The lowest BCUT2D eigenvalue weighted by atomic mass is 9.79. The van der Waals surface area contributed by atoms with Crippen molar-refractivity contribution in [2.75, 3.05) is 23.7 Å². The highest BCUT2D eigenvalue weighted by Gasteiger charge is 2.34. The number of ether oxygens (including phenoxy) is 1. The van der Waals surface area contributed by atoms with Crippen molar-refractivity contribution in [3.63, 3.8) is 0 Å². The summed E-state index contributed by atoms with van der Waals surface area (Å²) in [5.41, 5.74) is 3.46. The molecule has 0 N–H and O–H groups in total. The molecule has 0 bridgehead atoms. The number of Topliss-reactive ketones (excluding diaryl/α,β-unsaturated/α-hetero) is 1. The Morgan fingerprint density at radius 2 is 1.66 bits per heavy atom. The number of aryl methyl sites for hydroxylation is 1. The molecule has 1 aliphatic heterocycles. The van der Waals surface area contributed by atoms with Crippen molar-refractivity contribution in [3.8, 4) is 0 Å². The van der Waals surface area contributed by atoms with Gasteiger partial charge in [0.2, 0.25) is 0 Å². The first-order valence-corrected chi connectivity index (χ1v) is 13.8. The van der Waals surface area contributed by atoms with Crippen LogP contribution in [0.4, 0.5) is 5.69 Å². The van der Waals surface area contributed by atoms with Gasteiger partial charge in [-0.2, -0.15) is 0 Å². The molecule has 1 aromatic rings. The summed E-state index contributed by atoms with van der Waals surface area (Å²) >= 11 is 0. The van der Waals surface area contributed by atoms with Gasteiger partial charge in [-0.3, -0.25) is 4.79 Å². The van der Waals surface area contributed by atoms with E-state index in [0.717, 1.165) is 49.9 Å². The van der Waals surface area contributed by atoms with E-state index in [-0.39, 0.29) is 29.8 Å². The van der Waals surface area contributed by atoms with Crippen LogP contribution in [0.3, 0.4) is 0 Å². The van der Waals surface area contributed by atoms with E-state index in [1.165, 1.54) is 5.69 Å². The van der Waals surface area contributed by atoms with Gasteiger partial charge in [-0.1, -0.05) is 6.07 Å². The summed E-state index contributed by atoms with van der Waals surface area (Å²) in [6.45, 7) is 13.4. The summed E-state index contributed by atoms with van der Waals surface area (Å²) in [4.78, 5) is 15.4. The average Bonchev–Trinajstić information content (AvgIpc) is 2.68. The summed E-state index contributed by atoms with van der Waals surface area (Å²) < 4.78 is 30.2. The van der Waals surface area contributed by atoms with Crippen LogP contribution in [0, 0.1) is 18.8 Å². The maximum Gasteiger partial charge on any atom is 0.155 e. The van der Waals surface area contributed by atoms with E-state index >= 15 is 0 Å². The van der Waals surface area contributed by atoms with Gasteiger partial charge in [0.05, 0.1) is 22.7 Å². The minimum atomic E-state index is -3.11. The van der Waals surface area contributed by atoms with Gasteiger partial charge in [-0.25, -0.2) is 8.42 Å². The summed E-state index contributed by atoms with van der Waals surface area (Å²) in [7, 11) is -3.11. The third kappa shape index (κ3) is 6.13.